The molecule has 0 N–H and O–H groups in total. The van der Waals surface area contributed by atoms with E-state index in [9.17, 15) is 0 Å². The third kappa shape index (κ3) is 3.96. The topological polar surface area (TPSA) is 0 Å². The van der Waals surface area contributed by atoms with Crippen LogP contribution in [-0.4, -0.2) is 0 Å². The van der Waals surface area contributed by atoms with Crippen LogP contribution in [-0.2, 0) is 6.42 Å². The van der Waals surface area contributed by atoms with Crippen LogP contribution >= 0.6 is 0 Å². The molecule has 1 aliphatic carbocycles. The third-order valence-electron chi connectivity index (χ3n) is 10.5. The van der Waals surface area contributed by atoms with E-state index in [-0.39, 0.29) is 0 Å². The molecule has 0 radical (unpaired) electrons. The molecule has 0 nitrogen and oxygen atoms in total. The minimum Gasteiger partial charge on any atom is -0.0836 e. The summed E-state index contributed by atoms with van der Waals surface area (Å²) in [4.78, 5) is 0. The fourth-order valence-corrected chi connectivity index (χ4v) is 8.52. The third-order valence-corrected chi connectivity index (χ3v) is 10.5. The summed E-state index contributed by atoms with van der Waals surface area (Å²) in [6.07, 6.45) is 6.91. The van der Waals surface area contributed by atoms with Crippen molar-refractivity contribution in [1.29, 1.82) is 0 Å². The van der Waals surface area contributed by atoms with Crippen LogP contribution in [0.1, 0.15) is 17.5 Å². The second-order valence-electron chi connectivity index (χ2n) is 13.0. The SMILES string of the molecule is C1=Cc2c(c3ccccc3c3cc(-c4c5ccccc5c(-c5ccccc5-c5ccccc5)c5ccccc45)c4ccccc4c23)CC1. The van der Waals surface area contributed by atoms with Gasteiger partial charge in [-0.2, -0.15) is 0 Å². The lowest BCUT2D eigenvalue weighted by Gasteiger charge is -2.23. The maximum Gasteiger partial charge on any atom is -0.00199 e. The van der Waals surface area contributed by atoms with Gasteiger partial charge in [0.05, 0.1) is 0 Å². The van der Waals surface area contributed by atoms with E-state index < -0.39 is 0 Å². The van der Waals surface area contributed by atoms with Crippen molar-refractivity contribution in [2.75, 3.05) is 0 Å². The minimum absolute atomic E-state index is 1.08. The van der Waals surface area contributed by atoms with Crippen LogP contribution in [0.25, 0.3) is 93.3 Å². The van der Waals surface area contributed by atoms with E-state index in [0.29, 0.717) is 0 Å². The molecule has 1 aliphatic rings. The molecule has 0 heterocycles. The Morgan fingerprint density at radius 2 is 0.854 bits per heavy atom. The maximum atomic E-state index is 2.51. The first-order valence-corrected chi connectivity index (χ1v) is 17.0. The Balaban J connectivity index is 1.38. The Labute approximate surface area is 280 Å². The highest BCUT2D eigenvalue weighted by Gasteiger charge is 2.23. The van der Waals surface area contributed by atoms with E-state index >= 15 is 0 Å². The summed E-state index contributed by atoms with van der Waals surface area (Å²) in [5.74, 6) is 0. The highest BCUT2D eigenvalue weighted by Crippen LogP contribution is 2.49. The number of allylic oxidation sites excluding steroid dienone is 1. The van der Waals surface area contributed by atoms with Gasteiger partial charge in [0.1, 0.15) is 0 Å². The van der Waals surface area contributed by atoms with Gasteiger partial charge in [-0.05, 0) is 117 Å². The summed E-state index contributed by atoms with van der Waals surface area (Å²) < 4.78 is 0. The molecule has 0 amide bonds. The van der Waals surface area contributed by atoms with Gasteiger partial charge in [-0.1, -0.05) is 164 Å². The molecule has 0 aromatic heterocycles. The van der Waals surface area contributed by atoms with Gasteiger partial charge in [-0.3, -0.25) is 0 Å². The van der Waals surface area contributed by atoms with Crippen LogP contribution in [0, 0.1) is 0 Å². The van der Waals surface area contributed by atoms with Gasteiger partial charge in [0.15, 0.2) is 0 Å². The Kier molecular flexibility index (Phi) is 6.11. The Morgan fingerprint density at radius 3 is 1.52 bits per heavy atom. The van der Waals surface area contributed by atoms with Crippen molar-refractivity contribution in [1.82, 2.24) is 0 Å². The standard InChI is InChI=1S/C48H32/c1-2-16-31(17-3-1)32-18-4-9-23-37(32)46-40-26-12-14-28-42(40)48(43-29-15-13-27-41(43)46)45-30-44-35-21-6-5-19-33(35)34-20-7-10-24-38(34)47(44)39-25-11-8-22-36(39)45/h1-6,8-19,21-30H,7,20H2. The van der Waals surface area contributed by atoms with E-state index in [1.54, 1.807) is 0 Å². The van der Waals surface area contributed by atoms with Gasteiger partial charge in [0.2, 0.25) is 0 Å². The largest absolute Gasteiger partial charge is 0.0836 e. The molecule has 0 spiro atoms. The van der Waals surface area contributed by atoms with Crippen molar-refractivity contribution in [3.8, 4) is 33.4 Å². The van der Waals surface area contributed by atoms with Crippen molar-refractivity contribution >= 4 is 59.9 Å². The number of fused-ring (bicyclic) bond motifs is 10. The summed E-state index contributed by atoms with van der Waals surface area (Å²) in [7, 11) is 0. The summed E-state index contributed by atoms with van der Waals surface area (Å²) in [6.45, 7) is 0. The number of rotatable bonds is 3. The second-order valence-corrected chi connectivity index (χ2v) is 13.0. The highest BCUT2D eigenvalue weighted by atomic mass is 14.3. The van der Waals surface area contributed by atoms with E-state index in [4.69, 9.17) is 0 Å². The van der Waals surface area contributed by atoms with Crippen molar-refractivity contribution in [2.24, 2.45) is 0 Å². The van der Waals surface area contributed by atoms with Gasteiger partial charge < -0.3 is 0 Å². The van der Waals surface area contributed by atoms with E-state index in [1.165, 1.54) is 98.4 Å². The maximum absolute atomic E-state index is 2.51. The molecule has 48 heavy (non-hydrogen) atoms. The molecular formula is C48H32. The molecule has 9 aromatic carbocycles. The summed E-state index contributed by atoms with van der Waals surface area (Å²) in [5.41, 5.74) is 10.5. The zero-order valence-electron chi connectivity index (χ0n) is 26.6. The van der Waals surface area contributed by atoms with E-state index in [0.717, 1.165) is 12.8 Å². The molecule has 0 saturated heterocycles. The smallest absolute Gasteiger partial charge is 0.00199 e. The second kappa shape index (κ2) is 10.8. The normalized spacial score (nSPS) is 12.8. The number of hydrogen-bond acceptors (Lipinski definition) is 0. The summed E-state index contributed by atoms with van der Waals surface area (Å²) >= 11 is 0. The first-order chi connectivity index (χ1) is 23.9. The van der Waals surface area contributed by atoms with Crippen LogP contribution < -0.4 is 0 Å². The average Bonchev–Trinajstić information content (AvgIpc) is 3.17. The molecule has 0 unspecified atom stereocenters. The lowest BCUT2D eigenvalue weighted by molar-refractivity contribution is 1.00. The first kappa shape index (κ1) is 27.2. The van der Waals surface area contributed by atoms with Crippen molar-refractivity contribution in [3.63, 3.8) is 0 Å². The van der Waals surface area contributed by atoms with Gasteiger partial charge in [0, 0.05) is 0 Å². The lowest BCUT2D eigenvalue weighted by atomic mass is 9.80. The highest BCUT2D eigenvalue weighted by molar-refractivity contribution is 6.29. The Hall–Kier alpha value is -5.98. The fourth-order valence-electron chi connectivity index (χ4n) is 8.52. The molecule has 9 aromatic rings. The van der Waals surface area contributed by atoms with Crippen LogP contribution in [0.5, 0.6) is 0 Å². The number of hydrogen-bond donors (Lipinski definition) is 0. The number of benzene rings is 9. The van der Waals surface area contributed by atoms with Crippen LogP contribution in [0.2, 0.25) is 0 Å². The molecule has 0 heteroatoms. The molecule has 0 saturated carbocycles. The molecule has 224 valence electrons. The molecular weight excluding hydrogens is 577 g/mol. The first-order valence-electron chi connectivity index (χ1n) is 17.0. The fraction of sp³-hybridized carbons (Fsp3) is 0.0417. The predicted octanol–water partition coefficient (Wildman–Crippen LogP) is 13.4. The predicted molar refractivity (Wildman–Crippen MR) is 208 cm³/mol. The van der Waals surface area contributed by atoms with Gasteiger partial charge in [-0.15, -0.1) is 0 Å². The van der Waals surface area contributed by atoms with Gasteiger partial charge in [0.25, 0.3) is 0 Å². The molecule has 0 aliphatic heterocycles. The van der Waals surface area contributed by atoms with Crippen LogP contribution in [0.3, 0.4) is 0 Å². The molecule has 0 bridgehead atoms. The van der Waals surface area contributed by atoms with Gasteiger partial charge >= 0.3 is 0 Å². The quantitative estimate of drug-likeness (QED) is 0.138. The van der Waals surface area contributed by atoms with Crippen molar-refractivity contribution in [2.45, 2.75) is 12.8 Å². The van der Waals surface area contributed by atoms with Crippen molar-refractivity contribution in [3.05, 3.63) is 175 Å². The van der Waals surface area contributed by atoms with Crippen LogP contribution in [0.15, 0.2) is 164 Å². The monoisotopic (exact) mass is 608 g/mol. The zero-order valence-corrected chi connectivity index (χ0v) is 26.6. The zero-order chi connectivity index (χ0) is 31.6. The molecule has 10 rings (SSSR count). The molecule has 0 fully saturated rings. The van der Waals surface area contributed by atoms with Crippen molar-refractivity contribution < 1.29 is 0 Å². The summed E-state index contributed by atoms with van der Waals surface area (Å²) in [5, 5.41) is 13.2. The lowest BCUT2D eigenvalue weighted by Crippen LogP contribution is -1.99. The Morgan fingerprint density at radius 1 is 0.354 bits per heavy atom. The number of aryl methyl sites for hydroxylation is 1. The Bertz CT molecular complexity index is 2710. The van der Waals surface area contributed by atoms with E-state index in [2.05, 4.69) is 170 Å². The minimum atomic E-state index is 1.08. The summed E-state index contributed by atoms with van der Waals surface area (Å²) in [6, 6.07) is 58.4. The van der Waals surface area contributed by atoms with Gasteiger partial charge in [-0.25, -0.2) is 0 Å². The van der Waals surface area contributed by atoms with E-state index in [1.807, 2.05) is 0 Å². The molecule has 0 atom stereocenters. The van der Waals surface area contributed by atoms with Crippen LogP contribution in [0.4, 0.5) is 0 Å². The average molecular weight is 609 g/mol.